The molecular weight excluding hydrogens is 320 g/mol. The summed E-state index contributed by atoms with van der Waals surface area (Å²) in [5.41, 5.74) is 6.27. The molecule has 1 aromatic heterocycles. The van der Waals surface area contributed by atoms with E-state index in [9.17, 15) is 14.7 Å². The van der Waals surface area contributed by atoms with Crippen molar-refractivity contribution < 1.29 is 14.7 Å². The zero-order valence-electron chi connectivity index (χ0n) is 14.4. The van der Waals surface area contributed by atoms with Crippen LogP contribution < -0.4 is 11.1 Å². The zero-order valence-corrected chi connectivity index (χ0v) is 14.4. The Labute approximate surface area is 145 Å². The van der Waals surface area contributed by atoms with Gasteiger partial charge in [0.2, 0.25) is 5.95 Å². The monoisotopic (exact) mass is 342 g/mol. The Hall–Kier alpha value is -2.70. The maximum atomic E-state index is 12.6. The third-order valence-corrected chi connectivity index (χ3v) is 5.09. The molecule has 1 fully saturated rings. The van der Waals surface area contributed by atoms with E-state index in [0.717, 1.165) is 12.8 Å². The molecule has 3 rings (SSSR count). The summed E-state index contributed by atoms with van der Waals surface area (Å²) >= 11 is 0. The molecule has 0 radical (unpaired) electrons. The molecule has 1 amide bonds. The second-order valence-corrected chi connectivity index (χ2v) is 6.69. The van der Waals surface area contributed by atoms with E-state index in [0.29, 0.717) is 29.3 Å². The van der Waals surface area contributed by atoms with Crippen LogP contribution in [0.1, 0.15) is 55.6 Å². The Balaban J connectivity index is 2.12. The third-order valence-electron chi connectivity index (χ3n) is 5.09. The van der Waals surface area contributed by atoms with Crippen LogP contribution in [0.4, 0.5) is 5.95 Å². The Morgan fingerprint density at radius 1 is 1.36 bits per heavy atom. The van der Waals surface area contributed by atoms with Crippen molar-refractivity contribution in [3.8, 4) is 0 Å². The van der Waals surface area contributed by atoms with Gasteiger partial charge in [-0.1, -0.05) is 19.4 Å². The van der Waals surface area contributed by atoms with Gasteiger partial charge in [-0.15, -0.1) is 0 Å². The molecule has 1 aliphatic rings. The lowest BCUT2D eigenvalue weighted by Crippen LogP contribution is -2.42. The van der Waals surface area contributed by atoms with Gasteiger partial charge in [0.15, 0.2) is 0 Å². The fraction of sp³-hybridized carbons (Fsp3) is 0.444. The van der Waals surface area contributed by atoms with Gasteiger partial charge in [-0.3, -0.25) is 9.59 Å². The van der Waals surface area contributed by atoms with Gasteiger partial charge in [0.25, 0.3) is 5.91 Å². The molecule has 0 saturated heterocycles. The van der Waals surface area contributed by atoms with Gasteiger partial charge in [0.1, 0.15) is 5.69 Å². The smallest absolute Gasteiger partial charge is 0.314 e. The number of aliphatic carboxylic acids is 1. The number of rotatable bonds is 5. The van der Waals surface area contributed by atoms with E-state index < -0.39 is 11.4 Å². The number of nitrogens with zero attached hydrogens (tertiary/aromatic N) is 2. The van der Waals surface area contributed by atoms with E-state index in [2.05, 4.69) is 15.3 Å². The highest BCUT2D eigenvalue weighted by Gasteiger charge is 2.46. The summed E-state index contributed by atoms with van der Waals surface area (Å²) < 4.78 is 0. The fourth-order valence-electron chi connectivity index (χ4n) is 3.17. The molecule has 1 unspecified atom stereocenters. The fourth-order valence-corrected chi connectivity index (χ4v) is 3.17. The molecule has 132 valence electrons. The van der Waals surface area contributed by atoms with Crippen LogP contribution in [0, 0.1) is 0 Å². The number of carboxylic acid groups (broad SMARTS) is 1. The molecular formula is C18H22N4O3. The summed E-state index contributed by atoms with van der Waals surface area (Å²) in [7, 11) is 0. The average molecular weight is 342 g/mol. The van der Waals surface area contributed by atoms with E-state index in [-0.39, 0.29) is 23.6 Å². The first kappa shape index (κ1) is 17.1. The van der Waals surface area contributed by atoms with E-state index >= 15 is 0 Å². The Morgan fingerprint density at radius 3 is 2.64 bits per heavy atom. The molecule has 1 aliphatic carbocycles. The first-order valence-corrected chi connectivity index (χ1v) is 8.49. The van der Waals surface area contributed by atoms with Gasteiger partial charge in [-0.05, 0) is 43.9 Å². The van der Waals surface area contributed by atoms with Gasteiger partial charge in [0.05, 0.1) is 10.9 Å². The number of carboxylic acids is 1. The van der Waals surface area contributed by atoms with Crippen molar-refractivity contribution in [3.05, 3.63) is 29.5 Å². The third kappa shape index (κ3) is 2.90. The number of nitrogen functional groups attached to an aromatic ring is 1. The lowest BCUT2D eigenvalue weighted by molar-refractivity contribution is -0.147. The summed E-state index contributed by atoms with van der Waals surface area (Å²) in [6.45, 7) is 3.88. The number of fused-ring (bicyclic) bond motifs is 1. The van der Waals surface area contributed by atoms with E-state index in [1.54, 1.807) is 18.2 Å². The number of nitrogens with two attached hydrogens (primary N) is 1. The van der Waals surface area contributed by atoms with Crippen molar-refractivity contribution in [3.63, 3.8) is 0 Å². The van der Waals surface area contributed by atoms with Crippen LogP contribution in [-0.2, 0) is 10.2 Å². The Bertz CT molecular complexity index is 846. The molecule has 1 aromatic carbocycles. The van der Waals surface area contributed by atoms with Crippen LogP contribution in [0.15, 0.2) is 18.2 Å². The Morgan fingerprint density at radius 2 is 2.08 bits per heavy atom. The van der Waals surface area contributed by atoms with Gasteiger partial charge in [-0.25, -0.2) is 9.97 Å². The molecule has 25 heavy (non-hydrogen) atoms. The summed E-state index contributed by atoms with van der Waals surface area (Å²) in [6.07, 6.45) is 2.86. The number of hydrogen-bond acceptors (Lipinski definition) is 5. The van der Waals surface area contributed by atoms with Gasteiger partial charge >= 0.3 is 5.97 Å². The highest BCUT2D eigenvalue weighted by molar-refractivity contribution is 6.05. The molecule has 1 saturated carbocycles. The van der Waals surface area contributed by atoms with Crippen LogP contribution in [0.2, 0.25) is 0 Å². The summed E-state index contributed by atoms with van der Waals surface area (Å²) in [4.78, 5) is 32.6. The number of benzene rings is 1. The molecule has 2 aromatic rings. The molecule has 0 aliphatic heterocycles. The SMILES string of the molecule is CCC(C)NC(=O)c1nc(N)nc2ccc(C3(C(=O)O)CCC3)cc12. The zero-order chi connectivity index (χ0) is 18.2. The van der Waals surface area contributed by atoms with E-state index in [1.165, 1.54) is 0 Å². The van der Waals surface area contributed by atoms with E-state index in [4.69, 9.17) is 5.73 Å². The lowest BCUT2D eigenvalue weighted by atomic mass is 9.64. The summed E-state index contributed by atoms with van der Waals surface area (Å²) in [5.74, 6) is -1.14. The second kappa shape index (κ2) is 6.31. The molecule has 4 N–H and O–H groups in total. The number of carbonyl (C=O) groups excluding carboxylic acids is 1. The lowest BCUT2D eigenvalue weighted by Gasteiger charge is -2.38. The normalized spacial score (nSPS) is 16.9. The number of nitrogens with one attached hydrogen (secondary N) is 1. The maximum absolute atomic E-state index is 12.6. The van der Waals surface area contributed by atoms with Crippen molar-refractivity contribution >= 4 is 28.7 Å². The van der Waals surface area contributed by atoms with Gasteiger partial charge < -0.3 is 16.2 Å². The highest BCUT2D eigenvalue weighted by atomic mass is 16.4. The van der Waals surface area contributed by atoms with Gasteiger partial charge in [-0.2, -0.15) is 0 Å². The number of aromatic nitrogens is 2. The van der Waals surface area contributed by atoms with Crippen molar-refractivity contribution in [2.45, 2.75) is 51.0 Å². The van der Waals surface area contributed by atoms with Gasteiger partial charge in [0, 0.05) is 11.4 Å². The molecule has 1 atom stereocenters. The number of amides is 1. The van der Waals surface area contributed by atoms with Crippen molar-refractivity contribution in [1.82, 2.24) is 15.3 Å². The Kier molecular flexibility index (Phi) is 4.32. The quantitative estimate of drug-likeness (QED) is 0.767. The maximum Gasteiger partial charge on any atom is 0.314 e. The molecule has 1 heterocycles. The second-order valence-electron chi connectivity index (χ2n) is 6.69. The predicted octanol–water partition coefficient (Wildman–Crippen LogP) is 2.25. The number of anilines is 1. The van der Waals surface area contributed by atoms with E-state index in [1.807, 2.05) is 13.8 Å². The summed E-state index contributed by atoms with van der Waals surface area (Å²) in [5, 5.41) is 13.1. The summed E-state index contributed by atoms with van der Waals surface area (Å²) in [6, 6.07) is 5.21. The molecule has 7 nitrogen and oxygen atoms in total. The average Bonchev–Trinajstić information content (AvgIpc) is 2.52. The molecule has 0 spiro atoms. The number of carbonyl (C=O) groups is 2. The van der Waals surface area contributed by atoms with Crippen molar-refractivity contribution in [2.75, 3.05) is 5.73 Å². The number of hydrogen-bond donors (Lipinski definition) is 3. The minimum atomic E-state index is -0.875. The standard InChI is InChI=1S/C18H22N4O3/c1-3-10(2)20-15(23)14-12-9-11(18(16(24)25)7-4-8-18)5-6-13(12)21-17(19)22-14/h5-6,9-10H,3-4,7-8H2,1-2H3,(H,20,23)(H,24,25)(H2,19,21,22). The molecule has 7 heteroatoms. The van der Waals surface area contributed by atoms with Crippen LogP contribution in [0.5, 0.6) is 0 Å². The van der Waals surface area contributed by atoms with Crippen molar-refractivity contribution in [2.24, 2.45) is 0 Å². The highest BCUT2D eigenvalue weighted by Crippen LogP contribution is 2.44. The topological polar surface area (TPSA) is 118 Å². The minimum Gasteiger partial charge on any atom is -0.481 e. The molecule has 0 bridgehead atoms. The van der Waals surface area contributed by atoms with Crippen molar-refractivity contribution in [1.29, 1.82) is 0 Å². The van der Waals surface area contributed by atoms with Crippen LogP contribution >= 0.6 is 0 Å². The largest absolute Gasteiger partial charge is 0.481 e. The minimum absolute atomic E-state index is 0.00100. The first-order chi connectivity index (χ1) is 11.9. The van der Waals surface area contributed by atoms with Crippen LogP contribution in [0.3, 0.4) is 0 Å². The van der Waals surface area contributed by atoms with Crippen LogP contribution in [-0.4, -0.2) is 33.0 Å². The predicted molar refractivity (Wildman–Crippen MR) is 94.3 cm³/mol. The van der Waals surface area contributed by atoms with Crippen LogP contribution in [0.25, 0.3) is 10.9 Å². The first-order valence-electron chi connectivity index (χ1n) is 8.49.